The smallest absolute Gasteiger partial charge is 0.410 e. The molecule has 1 aromatic carbocycles. The molecule has 0 atom stereocenters. The summed E-state index contributed by atoms with van der Waals surface area (Å²) in [6.45, 7) is 7.44. The van der Waals surface area contributed by atoms with Crippen LogP contribution in [0.25, 0.3) is 0 Å². The molecule has 1 fully saturated rings. The molecule has 144 valence electrons. The van der Waals surface area contributed by atoms with Gasteiger partial charge in [0.1, 0.15) is 0 Å². The van der Waals surface area contributed by atoms with E-state index in [-0.39, 0.29) is 23.4 Å². The zero-order valence-electron chi connectivity index (χ0n) is 15.1. The van der Waals surface area contributed by atoms with Crippen LogP contribution in [0.2, 0.25) is 0 Å². The molecule has 0 saturated carbocycles. The molecule has 0 aromatic heterocycles. The summed E-state index contributed by atoms with van der Waals surface area (Å²) in [4.78, 5) is 26.0. The minimum atomic E-state index is -2.77. The summed E-state index contributed by atoms with van der Waals surface area (Å²) < 4.78 is 31.3. The van der Waals surface area contributed by atoms with Crippen LogP contribution < -0.4 is 0 Å². The van der Waals surface area contributed by atoms with Gasteiger partial charge in [-0.3, -0.25) is 15.0 Å². The number of ether oxygens (including phenoxy) is 1. The highest BCUT2D eigenvalue weighted by Gasteiger charge is 2.25. The molecule has 1 aliphatic rings. The average molecular weight is 371 g/mol. The van der Waals surface area contributed by atoms with Crippen LogP contribution in [0.4, 0.5) is 19.3 Å². The fraction of sp³-hybridized carbons (Fsp3) is 0.588. The second kappa shape index (κ2) is 8.39. The van der Waals surface area contributed by atoms with Crippen LogP contribution >= 0.6 is 0 Å². The Morgan fingerprint density at radius 3 is 2.38 bits per heavy atom. The van der Waals surface area contributed by atoms with E-state index in [4.69, 9.17) is 4.74 Å². The van der Waals surface area contributed by atoms with Crippen molar-refractivity contribution in [2.45, 2.75) is 39.8 Å². The van der Waals surface area contributed by atoms with E-state index in [1.165, 1.54) is 6.07 Å². The van der Waals surface area contributed by atoms with Gasteiger partial charge < -0.3 is 9.64 Å². The van der Waals surface area contributed by atoms with Crippen molar-refractivity contribution >= 4 is 11.8 Å². The van der Waals surface area contributed by atoms with Gasteiger partial charge in [-0.15, -0.1) is 0 Å². The van der Waals surface area contributed by atoms with Gasteiger partial charge in [-0.05, 0) is 32.4 Å². The van der Waals surface area contributed by atoms with Crippen molar-refractivity contribution in [3.05, 3.63) is 38.9 Å². The number of rotatable bonds is 5. The SMILES string of the molecule is Cc1c(CN2CCN(C(=O)OC(C)C)CC2)cc(C(F)F)cc1[N+](=O)[O-]. The van der Waals surface area contributed by atoms with Crippen LogP contribution in [0.5, 0.6) is 0 Å². The number of benzene rings is 1. The molecule has 0 radical (unpaired) electrons. The number of halogens is 2. The van der Waals surface area contributed by atoms with Gasteiger partial charge in [0, 0.05) is 49.9 Å². The van der Waals surface area contributed by atoms with Crippen LogP contribution in [-0.2, 0) is 11.3 Å². The van der Waals surface area contributed by atoms with Gasteiger partial charge in [-0.25, -0.2) is 13.6 Å². The highest BCUT2D eigenvalue weighted by atomic mass is 19.3. The number of alkyl halides is 2. The predicted octanol–water partition coefficient (Wildman–Crippen LogP) is 3.50. The van der Waals surface area contributed by atoms with E-state index in [1.807, 2.05) is 4.90 Å². The number of carbonyl (C=O) groups excluding carboxylic acids is 1. The lowest BCUT2D eigenvalue weighted by molar-refractivity contribution is -0.385. The monoisotopic (exact) mass is 371 g/mol. The molecule has 0 aliphatic carbocycles. The standard InChI is InChI=1S/C17H23F2N3O4/c1-11(2)26-17(23)21-6-4-20(5-7-21)10-14-8-13(16(18)19)9-15(12(14)3)22(24)25/h8-9,11,16H,4-7,10H2,1-3H3. The summed E-state index contributed by atoms with van der Waals surface area (Å²) >= 11 is 0. The molecule has 0 bridgehead atoms. The summed E-state index contributed by atoms with van der Waals surface area (Å²) in [6, 6.07) is 2.26. The first kappa shape index (κ1) is 20.0. The number of amides is 1. The maximum atomic E-state index is 13.1. The molecule has 1 amide bonds. The molecule has 7 nitrogen and oxygen atoms in total. The normalized spacial score (nSPS) is 15.6. The van der Waals surface area contributed by atoms with Crippen LogP contribution in [0, 0.1) is 17.0 Å². The third-order valence-corrected chi connectivity index (χ3v) is 4.32. The molecule has 1 aliphatic heterocycles. The lowest BCUT2D eigenvalue weighted by Crippen LogP contribution is -2.48. The molecule has 1 aromatic rings. The Morgan fingerprint density at radius 1 is 1.27 bits per heavy atom. The Hall–Kier alpha value is -2.29. The lowest BCUT2D eigenvalue weighted by Gasteiger charge is -2.34. The number of nitrogens with zero attached hydrogens (tertiary/aromatic N) is 3. The summed E-state index contributed by atoms with van der Waals surface area (Å²) in [7, 11) is 0. The van der Waals surface area contributed by atoms with Crippen molar-refractivity contribution in [1.82, 2.24) is 9.80 Å². The maximum Gasteiger partial charge on any atom is 0.410 e. The van der Waals surface area contributed by atoms with E-state index < -0.39 is 11.3 Å². The summed E-state index contributed by atoms with van der Waals surface area (Å²) in [5.41, 5.74) is 0.252. The van der Waals surface area contributed by atoms with Gasteiger partial charge in [0.15, 0.2) is 0 Å². The van der Waals surface area contributed by atoms with Crippen molar-refractivity contribution in [3.63, 3.8) is 0 Å². The zero-order chi connectivity index (χ0) is 19.4. The topological polar surface area (TPSA) is 75.9 Å². The van der Waals surface area contributed by atoms with E-state index in [9.17, 15) is 23.7 Å². The number of nitro groups is 1. The van der Waals surface area contributed by atoms with Crippen molar-refractivity contribution in [1.29, 1.82) is 0 Å². The molecule has 0 unspecified atom stereocenters. The summed E-state index contributed by atoms with van der Waals surface area (Å²) in [5.74, 6) is 0. The van der Waals surface area contributed by atoms with Crippen molar-refractivity contribution in [2.75, 3.05) is 26.2 Å². The Labute approximate surface area is 150 Å². The number of hydrogen-bond acceptors (Lipinski definition) is 5. The fourth-order valence-corrected chi connectivity index (χ4v) is 2.87. The third kappa shape index (κ3) is 4.87. The first-order valence-electron chi connectivity index (χ1n) is 8.43. The molecule has 0 N–H and O–H groups in total. The van der Waals surface area contributed by atoms with Crippen molar-refractivity contribution in [2.24, 2.45) is 0 Å². The van der Waals surface area contributed by atoms with Gasteiger partial charge >= 0.3 is 6.09 Å². The minimum Gasteiger partial charge on any atom is -0.447 e. The minimum absolute atomic E-state index is 0.194. The Bertz CT molecular complexity index is 674. The largest absolute Gasteiger partial charge is 0.447 e. The van der Waals surface area contributed by atoms with Gasteiger partial charge in [0.05, 0.1) is 11.0 Å². The maximum absolute atomic E-state index is 13.1. The van der Waals surface area contributed by atoms with Crippen LogP contribution in [0.1, 0.15) is 37.0 Å². The second-order valence-electron chi connectivity index (χ2n) is 6.58. The van der Waals surface area contributed by atoms with Gasteiger partial charge in [0.2, 0.25) is 0 Å². The van der Waals surface area contributed by atoms with E-state index >= 15 is 0 Å². The van der Waals surface area contributed by atoms with Crippen LogP contribution in [-0.4, -0.2) is 53.1 Å². The highest BCUT2D eigenvalue weighted by Crippen LogP contribution is 2.30. The third-order valence-electron chi connectivity index (χ3n) is 4.32. The molecule has 1 heterocycles. The molecule has 1 saturated heterocycles. The molecule has 9 heteroatoms. The van der Waals surface area contributed by atoms with Crippen LogP contribution in [0.3, 0.4) is 0 Å². The fourth-order valence-electron chi connectivity index (χ4n) is 2.87. The van der Waals surface area contributed by atoms with E-state index in [0.717, 1.165) is 6.07 Å². The first-order valence-corrected chi connectivity index (χ1v) is 8.43. The molecule has 2 rings (SSSR count). The molecule has 26 heavy (non-hydrogen) atoms. The van der Waals surface area contributed by atoms with Crippen molar-refractivity contribution in [3.8, 4) is 0 Å². The van der Waals surface area contributed by atoms with E-state index in [0.29, 0.717) is 43.9 Å². The molecular formula is C17H23F2N3O4. The quantitative estimate of drug-likeness (QED) is 0.585. The zero-order valence-corrected chi connectivity index (χ0v) is 15.1. The van der Waals surface area contributed by atoms with Gasteiger partial charge in [-0.1, -0.05) is 0 Å². The Kier molecular flexibility index (Phi) is 6.47. The first-order chi connectivity index (χ1) is 12.2. The number of carbonyl (C=O) groups is 1. The van der Waals surface area contributed by atoms with E-state index in [2.05, 4.69) is 0 Å². The number of nitro benzene ring substituents is 1. The van der Waals surface area contributed by atoms with Gasteiger partial charge in [-0.2, -0.15) is 0 Å². The lowest BCUT2D eigenvalue weighted by atomic mass is 10.0. The Balaban J connectivity index is 2.08. The predicted molar refractivity (Wildman–Crippen MR) is 91.3 cm³/mol. The average Bonchev–Trinajstić information content (AvgIpc) is 2.56. The highest BCUT2D eigenvalue weighted by molar-refractivity contribution is 5.67. The van der Waals surface area contributed by atoms with Crippen molar-refractivity contribution < 1.29 is 23.2 Å². The number of hydrogen-bond donors (Lipinski definition) is 0. The Morgan fingerprint density at radius 2 is 1.88 bits per heavy atom. The molecular weight excluding hydrogens is 348 g/mol. The van der Waals surface area contributed by atoms with E-state index in [1.54, 1.807) is 25.7 Å². The van der Waals surface area contributed by atoms with Gasteiger partial charge in [0.25, 0.3) is 12.1 Å². The number of piperazine rings is 1. The summed E-state index contributed by atoms with van der Waals surface area (Å²) in [5, 5.41) is 11.1. The summed E-state index contributed by atoms with van der Waals surface area (Å²) in [6.07, 6.45) is -3.33. The second-order valence-corrected chi connectivity index (χ2v) is 6.58. The van der Waals surface area contributed by atoms with Crippen LogP contribution in [0.15, 0.2) is 12.1 Å². The molecule has 0 spiro atoms.